The molecule has 2 aliphatic carbocycles. The molecule has 2 aliphatic heterocycles. The second kappa shape index (κ2) is 23.2. The maximum absolute atomic E-state index is 14.8. The maximum Gasteiger partial charge on any atom is 0.306 e. The third-order valence-corrected chi connectivity index (χ3v) is 17.8. The first-order valence-corrected chi connectivity index (χ1v) is 29.3. The lowest BCUT2D eigenvalue weighted by molar-refractivity contribution is -0.149. The lowest BCUT2D eigenvalue weighted by atomic mass is 9.85. The van der Waals surface area contributed by atoms with Crippen molar-refractivity contribution in [3.63, 3.8) is 0 Å². The molecule has 4 amide bonds. The minimum absolute atomic E-state index is 0.0198. The number of thiazole rings is 1. The Morgan fingerprint density at radius 1 is 0.975 bits per heavy atom. The van der Waals surface area contributed by atoms with Crippen molar-refractivity contribution >= 4 is 80.6 Å². The number of thiophene rings is 1. The van der Waals surface area contributed by atoms with Gasteiger partial charge in [0.2, 0.25) is 17.7 Å². The standard InChI is InChI=1S/C59H67ClN10O8S2/c1-30-33(4)80-58-50(30)51(36-15-17-39(60)18-16-36)65-44(54-68-67-34(5)70(54)58)27-48(71)64-40-24-42(25-40)76-41-19-20-46-38(22-41)23-47(78-46)56(74)66-53(59(6,7)8)57(75)69-28-43(77-49(72)10-9-21-61)26-45(69)55(73)63-31(2)35-11-13-37(14-12-35)52-32(3)62-29-79-52/h11-17,19-20,22-23,29,31,39-40,42-45,53H,9-10,18,21,24-28,61H2,1-8H3,(H,63,73)(H,64,71)(H,66,74)/t31-,39?,40-,42+,43?,44?,45-,53+/m0/s1. The van der Waals surface area contributed by atoms with Crippen LogP contribution in [0.25, 0.3) is 26.4 Å². The summed E-state index contributed by atoms with van der Waals surface area (Å²) in [6, 6.07) is 11.6. The molecular formula is C59H67ClN10O8S2. The number of nitrogens with two attached hydrogens (primary N) is 1. The van der Waals surface area contributed by atoms with Crippen LogP contribution < -0.4 is 26.4 Å². The number of fused-ring (bicyclic) bond motifs is 4. The molecule has 1 saturated carbocycles. The maximum atomic E-state index is 14.8. The fraction of sp³-hybridized carbons (Fsp3) is 0.441. The van der Waals surface area contributed by atoms with Gasteiger partial charge >= 0.3 is 5.97 Å². The van der Waals surface area contributed by atoms with Gasteiger partial charge in [0.15, 0.2) is 11.6 Å². The van der Waals surface area contributed by atoms with Crippen LogP contribution in [0.1, 0.15) is 134 Å². The van der Waals surface area contributed by atoms with Gasteiger partial charge in [0, 0.05) is 47.6 Å². The molecule has 420 valence electrons. The summed E-state index contributed by atoms with van der Waals surface area (Å²) in [4.78, 5) is 83.1. The van der Waals surface area contributed by atoms with Crippen molar-refractivity contribution < 1.29 is 37.9 Å². The average Bonchev–Trinajstić information content (AvgIpc) is 4.33. The van der Waals surface area contributed by atoms with Crippen LogP contribution in [0.4, 0.5) is 0 Å². The number of carbonyl (C=O) groups excluding carboxylic acids is 5. The van der Waals surface area contributed by atoms with Gasteiger partial charge in [0.25, 0.3) is 5.91 Å². The number of nitrogens with zero attached hydrogens (tertiary/aromatic N) is 6. The molecule has 80 heavy (non-hydrogen) atoms. The minimum atomic E-state index is -1.11. The Hall–Kier alpha value is -7.00. The third-order valence-electron chi connectivity index (χ3n) is 15.3. The zero-order valence-corrected chi connectivity index (χ0v) is 48.5. The van der Waals surface area contributed by atoms with E-state index in [-0.39, 0.29) is 55.0 Å². The number of likely N-dealkylation sites (tertiary alicyclic amines) is 1. The summed E-state index contributed by atoms with van der Waals surface area (Å²) < 4.78 is 20.2. The van der Waals surface area contributed by atoms with Gasteiger partial charge in [-0.15, -0.1) is 44.5 Å². The Labute approximate surface area is 477 Å². The van der Waals surface area contributed by atoms with E-state index in [0.717, 1.165) is 54.9 Å². The Balaban J connectivity index is 0.774. The second-order valence-electron chi connectivity index (χ2n) is 22.3. The highest BCUT2D eigenvalue weighted by Gasteiger charge is 2.47. The Morgan fingerprint density at radius 2 is 1.75 bits per heavy atom. The van der Waals surface area contributed by atoms with E-state index in [4.69, 9.17) is 36.2 Å². The van der Waals surface area contributed by atoms with Gasteiger partial charge in [0.1, 0.15) is 52.5 Å². The lowest BCUT2D eigenvalue weighted by Gasteiger charge is -2.36. The molecule has 10 rings (SSSR count). The highest BCUT2D eigenvalue weighted by atomic mass is 35.5. The number of aliphatic imine (C=N–C) groups is 1. The highest BCUT2D eigenvalue weighted by molar-refractivity contribution is 7.15. The predicted molar refractivity (Wildman–Crippen MR) is 308 cm³/mol. The van der Waals surface area contributed by atoms with E-state index >= 15 is 0 Å². The van der Waals surface area contributed by atoms with Crippen molar-refractivity contribution in [2.45, 2.75) is 148 Å². The normalized spacial score (nSPS) is 21.3. The van der Waals surface area contributed by atoms with Crippen molar-refractivity contribution in [2.24, 2.45) is 16.1 Å². The van der Waals surface area contributed by atoms with Crippen LogP contribution in [0.2, 0.25) is 0 Å². The summed E-state index contributed by atoms with van der Waals surface area (Å²) in [5, 5.41) is 19.7. The number of aryl methyl sites for hydroxylation is 3. The van der Waals surface area contributed by atoms with Crippen LogP contribution in [0, 0.1) is 33.1 Å². The SMILES string of the molecule is Cc1ncsc1-c1ccc([C@H](C)NC(=O)[C@@H]2CC(OC(=O)CCCN)CN2C(=O)[C@@H](NC(=O)c2cc3cc(O[C@H]4C[C@@H](NC(=O)CC5N=C(C6=CCC(Cl)C=C6)c6c(sc(C)c6C)-n6c(C)nnc65)C4)ccc3o2)C(C)(C)C)cc1. The zero-order valence-electron chi connectivity index (χ0n) is 46.1. The van der Waals surface area contributed by atoms with Crippen LogP contribution in [-0.4, -0.2) is 109 Å². The summed E-state index contributed by atoms with van der Waals surface area (Å²) in [5.41, 5.74) is 13.8. The Bertz CT molecular complexity index is 3450. The van der Waals surface area contributed by atoms with E-state index < -0.39 is 59.4 Å². The third kappa shape index (κ3) is 11.9. The Morgan fingerprint density at radius 3 is 2.45 bits per heavy atom. The summed E-state index contributed by atoms with van der Waals surface area (Å²) in [7, 11) is 0. The van der Waals surface area contributed by atoms with E-state index in [1.165, 1.54) is 9.78 Å². The van der Waals surface area contributed by atoms with E-state index in [1.807, 2.05) is 88.0 Å². The van der Waals surface area contributed by atoms with Gasteiger partial charge in [-0.3, -0.25) is 33.5 Å². The molecule has 2 aromatic carbocycles. The van der Waals surface area contributed by atoms with Crippen molar-refractivity contribution in [3.8, 4) is 21.2 Å². The van der Waals surface area contributed by atoms with Crippen molar-refractivity contribution in [1.29, 1.82) is 0 Å². The summed E-state index contributed by atoms with van der Waals surface area (Å²) in [6.07, 6.45) is 7.73. The number of amides is 4. The molecule has 4 aliphatic rings. The van der Waals surface area contributed by atoms with E-state index in [1.54, 1.807) is 46.9 Å². The number of nitrogens with one attached hydrogen (secondary N) is 3. The number of allylic oxidation sites excluding steroid dienone is 4. The van der Waals surface area contributed by atoms with E-state index in [2.05, 4.69) is 51.1 Å². The first-order valence-electron chi connectivity index (χ1n) is 27.2. The predicted octanol–water partition coefficient (Wildman–Crippen LogP) is 9.16. The monoisotopic (exact) mass is 1140 g/mol. The molecule has 18 nitrogen and oxygen atoms in total. The molecule has 6 heterocycles. The first kappa shape index (κ1) is 56.3. The van der Waals surface area contributed by atoms with Crippen LogP contribution >= 0.6 is 34.3 Å². The number of alkyl halides is 1. The quantitative estimate of drug-likeness (QED) is 0.0494. The molecule has 1 saturated heterocycles. The first-order chi connectivity index (χ1) is 38.2. The van der Waals surface area contributed by atoms with Gasteiger partial charge in [0.05, 0.1) is 46.2 Å². The number of benzene rings is 2. The molecule has 5 N–H and O–H groups in total. The molecule has 0 bridgehead atoms. The number of hydrogen-bond donors (Lipinski definition) is 4. The zero-order chi connectivity index (χ0) is 56.7. The van der Waals surface area contributed by atoms with Gasteiger partial charge in [-0.25, -0.2) is 4.98 Å². The summed E-state index contributed by atoms with van der Waals surface area (Å²) >= 11 is 9.66. The van der Waals surface area contributed by atoms with Crippen LogP contribution in [0.5, 0.6) is 5.75 Å². The fourth-order valence-electron chi connectivity index (χ4n) is 10.7. The minimum Gasteiger partial charge on any atom is -0.490 e. The molecule has 3 unspecified atom stereocenters. The van der Waals surface area contributed by atoms with Gasteiger partial charge in [-0.05, 0) is 106 Å². The van der Waals surface area contributed by atoms with Crippen LogP contribution in [0.3, 0.4) is 0 Å². The summed E-state index contributed by atoms with van der Waals surface area (Å²) in [5.74, 6) is -0.266. The van der Waals surface area contributed by atoms with Gasteiger partial charge in [-0.2, -0.15) is 0 Å². The molecule has 0 spiro atoms. The number of furan rings is 1. The molecule has 2 fully saturated rings. The van der Waals surface area contributed by atoms with Crippen molar-refractivity contribution in [3.05, 3.63) is 123 Å². The molecule has 21 heteroatoms. The smallest absolute Gasteiger partial charge is 0.306 e. The number of halogens is 1. The number of hydrogen-bond acceptors (Lipinski definition) is 15. The number of aromatic nitrogens is 4. The number of carbonyl (C=O) groups is 5. The number of esters is 1. The summed E-state index contributed by atoms with van der Waals surface area (Å²) in [6.45, 7) is 15.7. The topological polar surface area (TPSA) is 238 Å². The highest BCUT2D eigenvalue weighted by Crippen LogP contribution is 2.41. The lowest BCUT2D eigenvalue weighted by Crippen LogP contribution is -2.57. The van der Waals surface area contributed by atoms with E-state index in [9.17, 15) is 24.0 Å². The molecular weight excluding hydrogens is 1080 g/mol. The van der Waals surface area contributed by atoms with Crippen molar-refractivity contribution in [2.75, 3.05) is 13.1 Å². The van der Waals surface area contributed by atoms with Crippen LogP contribution in [-0.2, 0) is 23.9 Å². The largest absolute Gasteiger partial charge is 0.490 e. The number of ether oxygens (including phenoxy) is 2. The Kier molecular flexibility index (Phi) is 16.3. The molecule has 6 aromatic rings. The molecule has 4 aromatic heterocycles. The molecule has 6 atom stereocenters. The van der Waals surface area contributed by atoms with Gasteiger partial charge in [-0.1, -0.05) is 63.3 Å². The second-order valence-corrected chi connectivity index (χ2v) is 24.9. The van der Waals surface area contributed by atoms with Crippen LogP contribution in [0.15, 0.2) is 87.3 Å². The van der Waals surface area contributed by atoms with E-state index in [0.29, 0.717) is 54.8 Å². The average molecular weight is 1140 g/mol. The van der Waals surface area contributed by atoms with Crippen molar-refractivity contribution in [1.82, 2.24) is 40.6 Å². The fourth-order valence-corrected chi connectivity index (χ4v) is 12.9. The molecule has 0 radical (unpaired) electrons. The number of rotatable bonds is 17. The van der Waals surface area contributed by atoms with Gasteiger partial charge < -0.3 is 40.5 Å².